The second-order valence-electron chi connectivity index (χ2n) is 3.62. The van der Waals surface area contributed by atoms with Crippen molar-refractivity contribution in [3.05, 3.63) is 36.4 Å². The fraction of sp³-hybridized carbons (Fsp3) is 0.333. The van der Waals surface area contributed by atoms with Crippen molar-refractivity contribution in [2.75, 3.05) is 32.0 Å². The van der Waals surface area contributed by atoms with Crippen LogP contribution in [-0.2, 0) is 0 Å². The third-order valence-electron chi connectivity index (χ3n) is 2.48. The summed E-state index contributed by atoms with van der Waals surface area (Å²) in [7, 11) is 0. The Labute approximate surface area is 90.1 Å². The van der Waals surface area contributed by atoms with E-state index < -0.39 is 0 Å². The molecule has 0 aromatic heterocycles. The summed E-state index contributed by atoms with van der Waals surface area (Å²) in [4.78, 5) is 2.32. The Morgan fingerprint density at radius 2 is 1.93 bits per heavy atom. The van der Waals surface area contributed by atoms with E-state index in [2.05, 4.69) is 17.1 Å². The molecule has 0 spiro atoms. The number of rotatable bonds is 4. The zero-order valence-electron chi connectivity index (χ0n) is 8.73. The lowest BCUT2D eigenvalue weighted by atomic mass is 10.3. The number of hydrogen-bond donors (Lipinski definition) is 1. The molecule has 0 saturated heterocycles. The largest absolute Gasteiger partial charge is 0.490 e. The number of benzene rings is 1. The Morgan fingerprint density at radius 1 is 1.20 bits per heavy atom. The monoisotopic (exact) mass is 204 g/mol. The number of hydrogen-bond acceptors (Lipinski definition) is 3. The van der Waals surface area contributed by atoms with Crippen molar-refractivity contribution in [3.8, 4) is 5.75 Å². The summed E-state index contributed by atoms with van der Waals surface area (Å²) in [6, 6.07) is 7.60. The van der Waals surface area contributed by atoms with Gasteiger partial charge in [0.25, 0.3) is 0 Å². The molecule has 1 aromatic carbocycles. The normalized spacial score (nSPS) is 15.7. The van der Waals surface area contributed by atoms with Crippen LogP contribution in [0, 0.1) is 0 Å². The molecule has 1 aliphatic heterocycles. The van der Waals surface area contributed by atoms with Crippen molar-refractivity contribution in [2.24, 2.45) is 0 Å². The highest BCUT2D eigenvalue weighted by Crippen LogP contribution is 2.19. The predicted molar refractivity (Wildman–Crippen MR) is 61.9 cm³/mol. The summed E-state index contributed by atoms with van der Waals surface area (Å²) >= 11 is 0. The fourth-order valence-electron chi connectivity index (χ4n) is 1.60. The minimum Gasteiger partial charge on any atom is -0.490 e. The fourth-order valence-corrected chi connectivity index (χ4v) is 1.60. The first-order valence-electron chi connectivity index (χ1n) is 5.21. The first-order valence-corrected chi connectivity index (χ1v) is 5.21. The number of nitrogens with zero attached hydrogens (tertiary/aromatic N) is 1. The highest BCUT2D eigenvalue weighted by atomic mass is 16.5. The smallest absolute Gasteiger partial charge is 0.142 e. The minimum absolute atomic E-state index is 0.690. The van der Waals surface area contributed by atoms with Crippen LogP contribution in [0.4, 0.5) is 5.69 Å². The van der Waals surface area contributed by atoms with Gasteiger partial charge >= 0.3 is 0 Å². The average Bonchev–Trinajstić information content (AvgIpc) is 2.74. The Morgan fingerprint density at radius 3 is 2.67 bits per heavy atom. The standard InChI is InChI=1S/C12H16N2O/c13-11-5-1-2-6-12(11)15-10-9-14-7-3-4-8-14/h1-6H,7-10,13H2. The van der Waals surface area contributed by atoms with Crippen molar-refractivity contribution >= 4 is 5.69 Å². The van der Waals surface area contributed by atoms with E-state index in [9.17, 15) is 0 Å². The number of para-hydroxylation sites is 2. The lowest BCUT2D eigenvalue weighted by Crippen LogP contribution is -2.25. The molecule has 1 heterocycles. The maximum absolute atomic E-state index is 5.76. The van der Waals surface area contributed by atoms with Gasteiger partial charge in [-0.3, -0.25) is 4.90 Å². The van der Waals surface area contributed by atoms with E-state index in [1.165, 1.54) is 0 Å². The molecule has 0 atom stereocenters. The summed E-state index contributed by atoms with van der Waals surface area (Å²) < 4.78 is 5.60. The van der Waals surface area contributed by atoms with E-state index in [0.717, 1.165) is 25.4 Å². The molecule has 80 valence electrons. The Kier molecular flexibility index (Phi) is 3.25. The molecule has 15 heavy (non-hydrogen) atoms. The highest BCUT2D eigenvalue weighted by Gasteiger charge is 2.06. The van der Waals surface area contributed by atoms with Gasteiger partial charge in [0, 0.05) is 19.6 Å². The van der Waals surface area contributed by atoms with Gasteiger partial charge in [0.15, 0.2) is 0 Å². The molecule has 0 amide bonds. The summed E-state index contributed by atoms with van der Waals surface area (Å²) in [5, 5.41) is 0. The third kappa shape index (κ3) is 2.73. The lowest BCUT2D eigenvalue weighted by molar-refractivity contribution is 0.244. The first kappa shape index (κ1) is 10.1. The molecule has 0 unspecified atom stereocenters. The van der Waals surface area contributed by atoms with E-state index in [1.807, 2.05) is 24.3 Å². The van der Waals surface area contributed by atoms with Crippen molar-refractivity contribution in [1.29, 1.82) is 0 Å². The zero-order valence-corrected chi connectivity index (χ0v) is 8.73. The quantitative estimate of drug-likeness (QED) is 0.597. The summed E-state index contributed by atoms with van der Waals surface area (Å²) in [6.45, 7) is 3.71. The van der Waals surface area contributed by atoms with Crippen LogP contribution in [0.25, 0.3) is 0 Å². The van der Waals surface area contributed by atoms with Crippen LogP contribution in [0.5, 0.6) is 5.75 Å². The minimum atomic E-state index is 0.690. The van der Waals surface area contributed by atoms with Gasteiger partial charge in [0.05, 0.1) is 5.69 Å². The molecule has 2 rings (SSSR count). The van der Waals surface area contributed by atoms with Crippen LogP contribution in [-0.4, -0.2) is 31.1 Å². The zero-order chi connectivity index (χ0) is 10.5. The van der Waals surface area contributed by atoms with Gasteiger partial charge in [-0.15, -0.1) is 0 Å². The summed E-state index contributed by atoms with van der Waals surface area (Å²) in [5.74, 6) is 0.782. The van der Waals surface area contributed by atoms with E-state index in [0.29, 0.717) is 12.3 Å². The second-order valence-corrected chi connectivity index (χ2v) is 3.62. The van der Waals surface area contributed by atoms with E-state index >= 15 is 0 Å². The molecule has 0 radical (unpaired) electrons. The van der Waals surface area contributed by atoms with Crippen molar-refractivity contribution < 1.29 is 4.74 Å². The van der Waals surface area contributed by atoms with Crippen LogP contribution in [0.2, 0.25) is 0 Å². The average molecular weight is 204 g/mol. The Balaban J connectivity index is 1.76. The van der Waals surface area contributed by atoms with Crippen LogP contribution in [0.1, 0.15) is 0 Å². The van der Waals surface area contributed by atoms with Crippen molar-refractivity contribution in [1.82, 2.24) is 4.90 Å². The van der Waals surface area contributed by atoms with Crippen LogP contribution in [0.3, 0.4) is 0 Å². The molecule has 3 heteroatoms. The molecule has 1 aliphatic rings. The maximum Gasteiger partial charge on any atom is 0.142 e. The Bertz CT molecular complexity index is 341. The van der Waals surface area contributed by atoms with Crippen LogP contribution >= 0.6 is 0 Å². The Hall–Kier alpha value is -1.48. The molecular formula is C12H16N2O. The SMILES string of the molecule is Nc1ccccc1OCCN1CC=CC1. The topological polar surface area (TPSA) is 38.5 Å². The summed E-state index contributed by atoms with van der Waals surface area (Å²) in [6.07, 6.45) is 4.35. The number of anilines is 1. The third-order valence-corrected chi connectivity index (χ3v) is 2.48. The predicted octanol–water partition coefficient (Wildman–Crippen LogP) is 1.52. The van der Waals surface area contributed by atoms with E-state index in [4.69, 9.17) is 10.5 Å². The molecule has 2 N–H and O–H groups in total. The van der Waals surface area contributed by atoms with E-state index in [-0.39, 0.29) is 0 Å². The number of nitrogens with two attached hydrogens (primary N) is 1. The van der Waals surface area contributed by atoms with Gasteiger partial charge in [-0.1, -0.05) is 24.3 Å². The van der Waals surface area contributed by atoms with Gasteiger partial charge in [0.2, 0.25) is 0 Å². The molecule has 1 aromatic rings. The molecule has 0 saturated carbocycles. The van der Waals surface area contributed by atoms with Gasteiger partial charge in [-0.2, -0.15) is 0 Å². The van der Waals surface area contributed by atoms with Gasteiger partial charge in [-0.25, -0.2) is 0 Å². The highest BCUT2D eigenvalue weighted by molar-refractivity contribution is 5.51. The summed E-state index contributed by atoms with van der Waals surface area (Å²) in [5.41, 5.74) is 6.47. The molecule has 3 nitrogen and oxygen atoms in total. The molecule has 0 bridgehead atoms. The van der Waals surface area contributed by atoms with Crippen molar-refractivity contribution in [2.45, 2.75) is 0 Å². The maximum atomic E-state index is 5.76. The number of nitrogen functional groups attached to an aromatic ring is 1. The van der Waals surface area contributed by atoms with Gasteiger partial charge in [0.1, 0.15) is 12.4 Å². The second kappa shape index (κ2) is 4.84. The molecular weight excluding hydrogens is 188 g/mol. The van der Waals surface area contributed by atoms with E-state index in [1.54, 1.807) is 0 Å². The van der Waals surface area contributed by atoms with Crippen LogP contribution in [0.15, 0.2) is 36.4 Å². The lowest BCUT2D eigenvalue weighted by Gasteiger charge is -2.15. The molecule has 0 fully saturated rings. The van der Waals surface area contributed by atoms with Crippen molar-refractivity contribution in [3.63, 3.8) is 0 Å². The van der Waals surface area contributed by atoms with Gasteiger partial charge in [-0.05, 0) is 12.1 Å². The van der Waals surface area contributed by atoms with Crippen LogP contribution < -0.4 is 10.5 Å². The van der Waals surface area contributed by atoms with Gasteiger partial charge < -0.3 is 10.5 Å². The molecule has 0 aliphatic carbocycles. The number of ether oxygens (including phenoxy) is 1. The first-order chi connectivity index (χ1) is 7.36.